The van der Waals surface area contributed by atoms with Crippen molar-refractivity contribution in [1.29, 1.82) is 0 Å². The van der Waals surface area contributed by atoms with Crippen molar-refractivity contribution in [2.45, 2.75) is 25.3 Å². The summed E-state index contributed by atoms with van der Waals surface area (Å²) in [4.78, 5) is 37.3. The zero-order valence-corrected chi connectivity index (χ0v) is 14.8. The Hall–Kier alpha value is -2.67. The molecule has 136 valence electrons. The van der Waals surface area contributed by atoms with Gasteiger partial charge in [0.1, 0.15) is 5.69 Å². The number of carbonyl (C=O) groups excluding carboxylic acids is 2. The molecule has 2 N–H and O–H groups in total. The van der Waals surface area contributed by atoms with E-state index in [-0.39, 0.29) is 29.1 Å². The molecule has 0 atom stereocenters. The minimum atomic E-state index is -0.353. The number of carbonyl (C=O) groups is 2. The zero-order chi connectivity index (χ0) is 18.5. The lowest BCUT2D eigenvalue weighted by Crippen LogP contribution is -2.47. The summed E-state index contributed by atoms with van der Waals surface area (Å²) in [7, 11) is 0. The third-order valence-corrected chi connectivity index (χ3v) is 4.62. The molecule has 1 aliphatic rings. The number of piperidine rings is 1. The highest BCUT2D eigenvalue weighted by Crippen LogP contribution is 2.14. The fourth-order valence-electron chi connectivity index (χ4n) is 2.89. The van der Waals surface area contributed by atoms with Crippen molar-refractivity contribution in [3.8, 4) is 0 Å². The van der Waals surface area contributed by atoms with E-state index in [9.17, 15) is 14.4 Å². The second-order valence-electron chi connectivity index (χ2n) is 6.24. The smallest absolute Gasteiger partial charge is 0.271 e. The molecule has 1 aliphatic heterocycles. The van der Waals surface area contributed by atoms with Crippen LogP contribution in [0.15, 0.2) is 41.2 Å². The summed E-state index contributed by atoms with van der Waals surface area (Å²) in [5, 5.41) is 9.50. The van der Waals surface area contributed by atoms with Crippen LogP contribution in [0.4, 0.5) is 0 Å². The second-order valence-corrected chi connectivity index (χ2v) is 6.67. The first kappa shape index (κ1) is 18.1. The van der Waals surface area contributed by atoms with Crippen LogP contribution in [0.2, 0.25) is 5.02 Å². The van der Waals surface area contributed by atoms with Gasteiger partial charge in [-0.3, -0.25) is 14.4 Å². The molecule has 0 spiro atoms. The van der Waals surface area contributed by atoms with E-state index in [0.717, 1.165) is 5.56 Å². The molecule has 0 bridgehead atoms. The Labute approximate surface area is 155 Å². The normalized spacial score (nSPS) is 14.9. The van der Waals surface area contributed by atoms with Gasteiger partial charge in [0.25, 0.3) is 11.5 Å². The lowest BCUT2D eigenvalue weighted by molar-refractivity contribution is -0.131. The van der Waals surface area contributed by atoms with Gasteiger partial charge in [0.05, 0.1) is 6.42 Å². The van der Waals surface area contributed by atoms with Crippen LogP contribution in [0.5, 0.6) is 0 Å². The Bertz CT molecular complexity index is 822. The summed E-state index contributed by atoms with van der Waals surface area (Å²) in [5.41, 5.74) is 0.749. The molecule has 7 nitrogen and oxygen atoms in total. The molecule has 0 saturated carbocycles. The highest BCUT2D eigenvalue weighted by Gasteiger charge is 2.24. The van der Waals surface area contributed by atoms with Crippen LogP contribution in [0.25, 0.3) is 0 Å². The molecule has 0 unspecified atom stereocenters. The van der Waals surface area contributed by atoms with Gasteiger partial charge in [-0.15, -0.1) is 0 Å². The molecule has 26 heavy (non-hydrogen) atoms. The van der Waals surface area contributed by atoms with E-state index in [1.165, 1.54) is 12.1 Å². The maximum atomic E-state index is 12.4. The van der Waals surface area contributed by atoms with Gasteiger partial charge in [-0.25, -0.2) is 5.10 Å². The Balaban J connectivity index is 1.48. The molecule has 8 heteroatoms. The molecule has 3 rings (SSSR count). The number of benzene rings is 1. The van der Waals surface area contributed by atoms with Crippen LogP contribution in [-0.2, 0) is 11.2 Å². The van der Waals surface area contributed by atoms with E-state index in [1.807, 2.05) is 17.0 Å². The molecule has 1 aromatic heterocycles. The number of aromatic nitrogens is 2. The molecule has 1 fully saturated rings. The molecular formula is C18H19ClN4O3. The summed E-state index contributed by atoms with van der Waals surface area (Å²) in [5.74, 6) is -0.258. The van der Waals surface area contributed by atoms with Crippen molar-refractivity contribution in [1.82, 2.24) is 20.4 Å². The van der Waals surface area contributed by atoms with E-state index >= 15 is 0 Å². The monoisotopic (exact) mass is 374 g/mol. The van der Waals surface area contributed by atoms with Crippen molar-refractivity contribution in [3.05, 3.63) is 63.0 Å². The highest BCUT2D eigenvalue weighted by atomic mass is 35.5. The van der Waals surface area contributed by atoms with Gasteiger partial charge < -0.3 is 10.2 Å². The van der Waals surface area contributed by atoms with Gasteiger partial charge in [-0.2, -0.15) is 5.10 Å². The van der Waals surface area contributed by atoms with Crippen molar-refractivity contribution >= 4 is 23.4 Å². The van der Waals surface area contributed by atoms with E-state index in [2.05, 4.69) is 15.5 Å². The maximum absolute atomic E-state index is 12.4. The number of halogens is 1. The van der Waals surface area contributed by atoms with Crippen LogP contribution >= 0.6 is 11.6 Å². The first-order chi connectivity index (χ1) is 12.5. The molecule has 1 aromatic carbocycles. The number of hydrogen-bond donors (Lipinski definition) is 2. The molecule has 1 saturated heterocycles. The second kappa shape index (κ2) is 8.14. The standard InChI is InChI=1S/C18H19ClN4O3/c19-13-3-1-12(2-4-13)11-17(25)23-9-7-14(8-10-23)20-18(26)15-5-6-16(24)22-21-15/h1-6,14H,7-11H2,(H,20,26)(H,22,24). The Kier molecular flexibility index (Phi) is 5.68. The van der Waals surface area contributed by atoms with Gasteiger partial charge in [0.2, 0.25) is 5.91 Å². The van der Waals surface area contributed by atoms with E-state index < -0.39 is 0 Å². The average molecular weight is 375 g/mol. The number of likely N-dealkylation sites (tertiary alicyclic amines) is 1. The highest BCUT2D eigenvalue weighted by molar-refractivity contribution is 6.30. The van der Waals surface area contributed by atoms with E-state index in [4.69, 9.17) is 11.6 Å². The maximum Gasteiger partial charge on any atom is 0.271 e. The summed E-state index contributed by atoms with van der Waals surface area (Å²) in [6, 6.07) is 9.89. The summed E-state index contributed by atoms with van der Waals surface area (Å²) < 4.78 is 0. The van der Waals surface area contributed by atoms with Crippen molar-refractivity contribution in [3.63, 3.8) is 0 Å². The Morgan fingerprint density at radius 1 is 1.15 bits per heavy atom. The summed E-state index contributed by atoms with van der Waals surface area (Å²) in [6.07, 6.45) is 1.71. The Morgan fingerprint density at radius 3 is 2.46 bits per heavy atom. The number of hydrogen-bond acceptors (Lipinski definition) is 4. The SMILES string of the molecule is O=C(NC1CCN(C(=O)Cc2ccc(Cl)cc2)CC1)c1ccc(=O)[nH]n1. The third-order valence-electron chi connectivity index (χ3n) is 4.36. The topological polar surface area (TPSA) is 95.2 Å². The van der Waals surface area contributed by atoms with Crippen LogP contribution in [-0.4, -0.2) is 46.0 Å². The van der Waals surface area contributed by atoms with E-state index in [0.29, 0.717) is 37.4 Å². The van der Waals surface area contributed by atoms with Gasteiger partial charge in [-0.1, -0.05) is 23.7 Å². The minimum absolute atomic E-state index is 0.0178. The van der Waals surface area contributed by atoms with Crippen molar-refractivity contribution in [2.24, 2.45) is 0 Å². The summed E-state index contributed by atoms with van der Waals surface area (Å²) in [6.45, 7) is 1.19. The molecule has 2 aromatic rings. The molecule has 2 amide bonds. The third kappa shape index (κ3) is 4.70. The largest absolute Gasteiger partial charge is 0.348 e. The van der Waals surface area contributed by atoms with Gasteiger partial charge in [0.15, 0.2) is 0 Å². The summed E-state index contributed by atoms with van der Waals surface area (Å²) >= 11 is 5.85. The fraction of sp³-hybridized carbons (Fsp3) is 0.333. The zero-order valence-electron chi connectivity index (χ0n) is 14.1. The van der Waals surface area contributed by atoms with Crippen molar-refractivity contribution < 1.29 is 9.59 Å². The first-order valence-electron chi connectivity index (χ1n) is 8.40. The fourth-order valence-corrected chi connectivity index (χ4v) is 3.02. The lowest BCUT2D eigenvalue weighted by Gasteiger charge is -2.32. The Morgan fingerprint density at radius 2 is 1.85 bits per heavy atom. The predicted octanol–water partition coefficient (Wildman–Crippen LogP) is 1.39. The van der Waals surface area contributed by atoms with Crippen molar-refractivity contribution in [2.75, 3.05) is 13.1 Å². The molecule has 0 radical (unpaired) electrons. The molecule has 2 heterocycles. The first-order valence-corrected chi connectivity index (χ1v) is 8.78. The van der Waals surface area contributed by atoms with Gasteiger partial charge in [-0.05, 0) is 36.6 Å². The van der Waals surface area contributed by atoms with Crippen LogP contribution in [0.3, 0.4) is 0 Å². The van der Waals surface area contributed by atoms with Crippen LogP contribution in [0, 0.1) is 0 Å². The van der Waals surface area contributed by atoms with Crippen LogP contribution in [0.1, 0.15) is 28.9 Å². The number of rotatable bonds is 4. The molecule has 0 aliphatic carbocycles. The number of amides is 2. The average Bonchev–Trinajstić information content (AvgIpc) is 2.64. The quantitative estimate of drug-likeness (QED) is 0.845. The lowest BCUT2D eigenvalue weighted by atomic mass is 10.0. The van der Waals surface area contributed by atoms with E-state index in [1.54, 1.807) is 12.1 Å². The number of aromatic amines is 1. The van der Waals surface area contributed by atoms with Crippen LogP contribution < -0.4 is 10.9 Å². The van der Waals surface area contributed by atoms with Gasteiger partial charge in [0, 0.05) is 30.2 Å². The van der Waals surface area contributed by atoms with Gasteiger partial charge >= 0.3 is 0 Å². The predicted molar refractivity (Wildman–Crippen MR) is 97.1 cm³/mol. The number of nitrogens with one attached hydrogen (secondary N) is 2. The minimum Gasteiger partial charge on any atom is -0.348 e. The number of H-pyrrole nitrogens is 1. The number of nitrogens with zero attached hydrogens (tertiary/aromatic N) is 2. The molecular weight excluding hydrogens is 356 g/mol.